The Balaban J connectivity index is 2.33. The van der Waals surface area contributed by atoms with Crippen molar-refractivity contribution in [2.45, 2.75) is 33.6 Å². The van der Waals surface area contributed by atoms with Crippen LogP contribution >= 0.6 is 11.6 Å². The van der Waals surface area contributed by atoms with Gasteiger partial charge in [0.15, 0.2) is 0 Å². The number of rotatable bonds is 5. The Morgan fingerprint density at radius 3 is 2.62 bits per heavy atom. The van der Waals surface area contributed by atoms with Gasteiger partial charge in [0.05, 0.1) is 0 Å². The molecule has 4 nitrogen and oxygen atoms in total. The maximum atomic E-state index is 5.96. The number of hydrogen-bond donors (Lipinski definition) is 1. The van der Waals surface area contributed by atoms with Crippen LogP contribution in [0, 0.1) is 6.92 Å². The molecule has 1 aromatic carbocycles. The lowest BCUT2D eigenvalue weighted by Gasteiger charge is -2.12. The maximum Gasteiger partial charge on any atom is 0.224 e. The molecule has 0 radical (unpaired) electrons. The molecule has 0 aliphatic heterocycles. The third-order valence-electron chi connectivity index (χ3n) is 2.95. The first kappa shape index (κ1) is 15.6. The molecule has 21 heavy (non-hydrogen) atoms. The van der Waals surface area contributed by atoms with E-state index in [2.05, 4.69) is 29.1 Å². The smallest absolute Gasteiger partial charge is 0.224 e. The zero-order valence-electron chi connectivity index (χ0n) is 12.8. The maximum absolute atomic E-state index is 5.96. The lowest BCUT2D eigenvalue weighted by Crippen LogP contribution is -2.06. The van der Waals surface area contributed by atoms with E-state index in [1.165, 1.54) is 0 Å². The van der Waals surface area contributed by atoms with E-state index in [4.69, 9.17) is 16.3 Å². The Hall–Kier alpha value is -1.81. The van der Waals surface area contributed by atoms with Gasteiger partial charge in [0, 0.05) is 23.6 Å². The Labute approximate surface area is 130 Å². The second-order valence-corrected chi connectivity index (χ2v) is 5.58. The van der Waals surface area contributed by atoms with Gasteiger partial charge in [-0.1, -0.05) is 25.4 Å². The molecule has 2 rings (SSSR count). The molecule has 0 bridgehead atoms. The monoisotopic (exact) mass is 305 g/mol. The Morgan fingerprint density at radius 1 is 1.24 bits per heavy atom. The van der Waals surface area contributed by atoms with Crippen molar-refractivity contribution in [3.63, 3.8) is 0 Å². The molecule has 1 heterocycles. The Bertz CT molecular complexity index is 629. The van der Waals surface area contributed by atoms with E-state index in [-0.39, 0.29) is 5.92 Å². The van der Waals surface area contributed by atoms with E-state index < -0.39 is 0 Å². The average Bonchev–Trinajstić information content (AvgIpc) is 2.42. The first-order valence-electron chi connectivity index (χ1n) is 7.06. The summed E-state index contributed by atoms with van der Waals surface area (Å²) in [5.74, 6) is 3.05. The van der Waals surface area contributed by atoms with Gasteiger partial charge in [-0.05, 0) is 37.6 Å². The molecular formula is C16H20ClN3O. The van der Waals surface area contributed by atoms with Crippen LogP contribution in [0.3, 0.4) is 0 Å². The van der Waals surface area contributed by atoms with Crippen LogP contribution in [0.5, 0.6) is 11.6 Å². The molecule has 0 fully saturated rings. The topological polar surface area (TPSA) is 47.0 Å². The molecular weight excluding hydrogens is 286 g/mol. The van der Waals surface area contributed by atoms with Crippen LogP contribution in [0.25, 0.3) is 0 Å². The highest BCUT2D eigenvalue weighted by molar-refractivity contribution is 6.30. The third-order valence-corrected chi connectivity index (χ3v) is 3.18. The Morgan fingerprint density at radius 2 is 2.00 bits per heavy atom. The van der Waals surface area contributed by atoms with E-state index in [0.717, 1.165) is 29.5 Å². The van der Waals surface area contributed by atoms with E-state index in [1.54, 1.807) is 6.07 Å². The summed E-state index contributed by atoms with van der Waals surface area (Å²) in [7, 11) is 0. The summed E-state index contributed by atoms with van der Waals surface area (Å²) in [6.45, 7) is 8.90. The summed E-state index contributed by atoms with van der Waals surface area (Å²) in [5.41, 5.74) is 0.970. The van der Waals surface area contributed by atoms with Crippen LogP contribution < -0.4 is 10.1 Å². The number of nitrogens with zero attached hydrogens (tertiary/aromatic N) is 2. The zero-order chi connectivity index (χ0) is 15.4. The number of hydrogen-bond acceptors (Lipinski definition) is 4. The van der Waals surface area contributed by atoms with Crippen LogP contribution in [0.4, 0.5) is 5.82 Å². The summed E-state index contributed by atoms with van der Waals surface area (Å²) in [4.78, 5) is 8.95. The highest BCUT2D eigenvalue weighted by Crippen LogP contribution is 2.28. The van der Waals surface area contributed by atoms with Gasteiger partial charge in [-0.2, -0.15) is 4.98 Å². The molecule has 0 aliphatic carbocycles. The molecule has 0 atom stereocenters. The molecule has 5 heteroatoms. The third kappa shape index (κ3) is 4.08. The first-order valence-corrected chi connectivity index (χ1v) is 7.44. The number of benzene rings is 1. The fourth-order valence-electron chi connectivity index (χ4n) is 1.86. The fraction of sp³-hybridized carbons (Fsp3) is 0.375. The Kier molecular flexibility index (Phi) is 5.02. The number of aromatic nitrogens is 2. The molecule has 0 aliphatic rings. The minimum atomic E-state index is 0.234. The number of ether oxygens (including phenoxy) is 1. The molecule has 0 saturated carbocycles. The minimum absolute atomic E-state index is 0.234. The molecule has 0 unspecified atom stereocenters. The first-order chi connectivity index (χ1) is 9.99. The molecule has 0 amide bonds. The lowest BCUT2D eigenvalue weighted by atomic mass is 10.2. The van der Waals surface area contributed by atoms with Crippen molar-refractivity contribution in [3.05, 3.63) is 40.7 Å². The molecule has 112 valence electrons. The predicted molar refractivity (Wildman–Crippen MR) is 86.5 cm³/mol. The number of nitrogens with one attached hydrogen (secondary N) is 1. The molecule has 0 saturated heterocycles. The van der Waals surface area contributed by atoms with Crippen LogP contribution in [-0.2, 0) is 0 Å². The number of aryl methyl sites for hydroxylation is 1. The van der Waals surface area contributed by atoms with Gasteiger partial charge in [0.1, 0.15) is 17.4 Å². The predicted octanol–water partition coefficient (Wildman–Crippen LogP) is 4.79. The van der Waals surface area contributed by atoms with Crippen molar-refractivity contribution in [3.8, 4) is 11.6 Å². The molecule has 2 aromatic rings. The summed E-state index contributed by atoms with van der Waals surface area (Å²) in [5, 5.41) is 3.89. The van der Waals surface area contributed by atoms with Crippen LogP contribution in [-0.4, -0.2) is 16.5 Å². The van der Waals surface area contributed by atoms with Gasteiger partial charge in [0.25, 0.3) is 0 Å². The van der Waals surface area contributed by atoms with Gasteiger partial charge in [0.2, 0.25) is 5.88 Å². The zero-order valence-corrected chi connectivity index (χ0v) is 13.5. The minimum Gasteiger partial charge on any atom is -0.439 e. The van der Waals surface area contributed by atoms with Crippen molar-refractivity contribution in [1.29, 1.82) is 0 Å². The summed E-state index contributed by atoms with van der Waals surface area (Å²) >= 11 is 5.96. The number of halogens is 1. The molecule has 0 spiro atoms. The van der Waals surface area contributed by atoms with Gasteiger partial charge in [-0.3, -0.25) is 0 Å². The normalized spacial score (nSPS) is 10.8. The van der Waals surface area contributed by atoms with E-state index in [1.807, 2.05) is 32.0 Å². The van der Waals surface area contributed by atoms with Gasteiger partial charge < -0.3 is 10.1 Å². The standard InChI is InChI=1S/C16H20ClN3O/c1-5-18-14-9-15(20-16(19-14)10(2)3)21-13-7-6-12(17)8-11(13)4/h6-10H,5H2,1-4H3,(H,18,19,20). The van der Waals surface area contributed by atoms with Gasteiger partial charge in [-0.25, -0.2) is 4.98 Å². The van der Waals surface area contributed by atoms with Gasteiger partial charge >= 0.3 is 0 Å². The van der Waals surface area contributed by atoms with Crippen LogP contribution in [0.15, 0.2) is 24.3 Å². The molecule has 1 aromatic heterocycles. The molecule has 1 N–H and O–H groups in total. The lowest BCUT2D eigenvalue weighted by molar-refractivity contribution is 0.454. The van der Waals surface area contributed by atoms with Crippen molar-refractivity contribution in [1.82, 2.24) is 9.97 Å². The van der Waals surface area contributed by atoms with E-state index >= 15 is 0 Å². The van der Waals surface area contributed by atoms with E-state index in [9.17, 15) is 0 Å². The second kappa shape index (κ2) is 6.76. The van der Waals surface area contributed by atoms with E-state index in [0.29, 0.717) is 10.9 Å². The fourth-order valence-corrected chi connectivity index (χ4v) is 2.09. The SMILES string of the molecule is CCNc1cc(Oc2ccc(Cl)cc2C)nc(C(C)C)n1. The highest BCUT2D eigenvalue weighted by Gasteiger charge is 2.10. The van der Waals surface area contributed by atoms with Crippen molar-refractivity contribution >= 4 is 17.4 Å². The van der Waals surface area contributed by atoms with Crippen molar-refractivity contribution in [2.75, 3.05) is 11.9 Å². The highest BCUT2D eigenvalue weighted by atomic mass is 35.5. The average molecular weight is 306 g/mol. The summed E-state index contributed by atoms with van der Waals surface area (Å²) in [6, 6.07) is 7.33. The second-order valence-electron chi connectivity index (χ2n) is 5.15. The van der Waals surface area contributed by atoms with Crippen LogP contribution in [0.1, 0.15) is 38.1 Å². The van der Waals surface area contributed by atoms with Crippen LogP contribution in [0.2, 0.25) is 5.02 Å². The summed E-state index contributed by atoms with van der Waals surface area (Å²) < 4.78 is 5.89. The quantitative estimate of drug-likeness (QED) is 0.863. The van der Waals surface area contributed by atoms with Gasteiger partial charge in [-0.15, -0.1) is 0 Å². The summed E-state index contributed by atoms with van der Waals surface area (Å²) in [6.07, 6.45) is 0. The van der Waals surface area contributed by atoms with Crippen molar-refractivity contribution in [2.24, 2.45) is 0 Å². The largest absolute Gasteiger partial charge is 0.439 e. The van der Waals surface area contributed by atoms with Crippen molar-refractivity contribution < 1.29 is 4.74 Å². The number of anilines is 1.